The Morgan fingerprint density at radius 1 is 1.16 bits per heavy atom. The van der Waals surface area contributed by atoms with Gasteiger partial charge in [-0.2, -0.15) is 0 Å². The molecule has 5 rings (SSSR count). The average Bonchev–Trinajstić information content (AvgIpc) is 3.15. The third-order valence-electron chi connectivity index (χ3n) is 8.97. The van der Waals surface area contributed by atoms with Crippen molar-refractivity contribution in [2.24, 2.45) is 22.7 Å². The highest BCUT2D eigenvalue weighted by molar-refractivity contribution is 7.91. The van der Waals surface area contributed by atoms with Crippen LogP contribution in [-0.2, 0) is 20.7 Å². The van der Waals surface area contributed by atoms with Crippen LogP contribution >= 0.6 is 0 Å². The molecule has 0 N–H and O–H groups in total. The van der Waals surface area contributed by atoms with E-state index >= 15 is 0 Å². The number of allylic oxidation sites excluding steroid dienone is 5. The molecule has 170 valence electrons. The Morgan fingerprint density at radius 2 is 1.94 bits per heavy atom. The second-order valence-electron chi connectivity index (χ2n) is 10.4. The van der Waals surface area contributed by atoms with Gasteiger partial charge in [0.2, 0.25) is 0 Å². The van der Waals surface area contributed by atoms with Crippen LogP contribution in [0.2, 0.25) is 0 Å². The van der Waals surface area contributed by atoms with E-state index in [1.807, 2.05) is 36.4 Å². The molecule has 2 saturated carbocycles. The lowest BCUT2D eigenvalue weighted by molar-refractivity contribution is -0.115. The molecule has 1 aromatic rings. The lowest BCUT2D eigenvalue weighted by Gasteiger charge is -2.52. The summed E-state index contributed by atoms with van der Waals surface area (Å²) in [7, 11) is 1.74. The molecule has 0 aliphatic heterocycles. The molecule has 0 bridgehead atoms. The van der Waals surface area contributed by atoms with Crippen molar-refractivity contribution in [1.29, 1.82) is 0 Å². The van der Waals surface area contributed by atoms with Crippen molar-refractivity contribution in [3.63, 3.8) is 0 Å². The summed E-state index contributed by atoms with van der Waals surface area (Å²) >= 11 is -1.10. The number of fused-ring (bicyclic) bond motifs is 5. The number of benzene rings is 1. The number of hydrogen-bond donors (Lipinski definition) is 0. The Kier molecular flexibility index (Phi) is 5.66. The molecule has 32 heavy (non-hydrogen) atoms. The Morgan fingerprint density at radius 3 is 2.69 bits per heavy atom. The van der Waals surface area contributed by atoms with E-state index < -0.39 is 11.2 Å². The lowest BCUT2D eigenvalue weighted by atomic mass is 9.51. The van der Waals surface area contributed by atoms with E-state index in [-0.39, 0.29) is 10.8 Å². The lowest BCUT2D eigenvalue weighted by Crippen LogP contribution is -2.43. The second-order valence-corrected chi connectivity index (χ2v) is 11.9. The first-order valence-electron chi connectivity index (χ1n) is 12.0. The van der Waals surface area contributed by atoms with Crippen LogP contribution in [0.5, 0.6) is 0 Å². The molecule has 1 unspecified atom stereocenters. The smallest absolute Gasteiger partial charge is 0.167 e. The summed E-state index contributed by atoms with van der Waals surface area (Å²) in [5.74, 6) is 2.87. The van der Waals surface area contributed by atoms with Gasteiger partial charge in [-0.1, -0.05) is 49.3 Å². The average molecular weight is 451 g/mol. The van der Waals surface area contributed by atoms with Crippen molar-refractivity contribution in [3.05, 3.63) is 65.0 Å². The SMILES string of the molecule is CO/C(C[S+]([O-])c1ccccc1)=C1/CC[C@H]2[C@@H]3CCC4=CC(=O)CC[C@]4(C)C3=CC[C@]12C. The number of carbonyl (C=O) groups excluding carboxylic acids is 1. The maximum absolute atomic E-state index is 13.0. The van der Waals surface area contributed by atoms with Crippen LogP contribution in [0, 0.1) is 22.7 Å². The van der Waals surface area contributed by atoms with Gasteiger partial charge in [-0.25, -0.2) is 0 Å². The van der Waals surface area contributed by atoms with Crippen LogP contribution in [0.25, 0.3) is 0 Å². The minimum absolute atomic E-state index is 0.0719. The van der Waals surface area contributed by atoms with Gasteiger partial charge in [-0.3, -0.25) is 4.79 Å². The molecule has 0 aromatic heterocycles. The van der Waals surface area contributed by atoms with E-state index in [4.69, 9.17) is 4.74 Å². The molecule has 0 heterocycles. The molecule has 0 spiro atoms. The molecular weight excluding hydrogens is 416 g/mol. The largest absolute Gasteiger partial charge is 0.611 e. The van der Waals surface area contributed by atoms with E-state index in [0.717, 1.165) is 42.8 Å². The number of ketones is 1. The second kappa shape index (κ2) is 8.22. The third kappa shape index (κ3) is 3.42. The van der Waals surface area contributed by atoms with Crippen molar-refractivity contribution in [1.82, 2.24) is 0 Å². The van der Waals surface area contributed by atoms with Crippen LogP contribution in [-0.4, -0.2) is 23.2 Å². The standard InChI is InChI=1S/C28H34O3S/c1-27-15-13-20(29)17-19(27)9-10-22-23-11-12-25(28(23,2)16-14-24(22)27)26(31-3)18-32(30)21-7-5-4-6-8-21/h4-8,14,17,22-23H,9-13,15-16,18H2,1-3H3/b26-25-/t22-,23-,27-,28-,32?/m0/s1. The molecule has 3 nitrogen and oxygen atoms in total. The van der Waals surface area contributed by atoms with Crippen LogP contribution in [0.15, 0.2) is 69.9 Å². The van der Waals surface area contributed by atoms with Crippen molar-refractivity contribution < 1.29 is 14.1 Å². The number of carbonyl (C=O) groups is 1. The maximum Gasteiger partial charge on any atom is 0.167 e. The summed E-state index contributed by atoms with van der Waals surface area (Å²) in [6.45, 7) is 4.79. The van der Waals surface area contributed by atoms with Gasteiger partial charge < -0.3 is 9.29 Å². The summed E-state index contributed by atoms with van der Waals surface area (Å²) in [6.07, 6.45) is 11.5. The quantitative estimate of drug-likeness (QED) is 0.314. The van der Waals surface area contributed by atoms with Gasteiger partial charge in [0, 0.05) is 11.8 Å². The van der Waals surface area contributed by atoms with E-state index in [9.17, 15) is 9.35 Å². The zero-order chi connectivity index (χ0) is 22.5. The van der Waals surface area contributed by atoms with E-state index in [1.165, 1.54) is 17.6 Å². The highest BCUT2D eigenvalue weighted by Gasteiger charge is 2.55. The molecule has 5 atom stereocenters. The molecule has 0 amide bonds. The summed E-state index contributed by atoms with van der Waals surface area (Å²) < 4.78 is 19.0. The van der Waals surface area contributed by atoms with Gasteiger partial charge in [0.05, 0.1) is 7.11 Å². The number of hydrogen-bond acceptors (Lipinski definition) is 3. The molecule has 1 aromatic carbocycles. The highest BCUT2D eigenvalue weighted by atomic mass is 32.2. The molecule has 4 aliphatic rings. The van der Waals surface area contributed by atoms with Gasteiger partial charge in [0.1, 0.15) is 5.76 Å². The molecule has 4 heteroatoms. The van der Waals surface area contributed by atoms with Gasteiger partial charge >= 0.3 is 0 Å². The predicted molar refractivity (Wildman–Crippen MR) is 128 cm³/mol. The van der Waals surface area contributed by atoms with E-state index in [2.05, 4.69) is 19.9 Å². The van der Waals surface area contributed by atoms with Crippen molar-refractivity contribution in [2.75, 3.05) is 12.9 Å². The van der Waals surface area contributed by atoms with Gasteiger partial charge in [0.15, 0.2) is 16.4 Å². The van der Waals surface area contributed by atoms with Crippen molar-refractivity contribution in [2.45, 2.75) is 63.7 Å². The minimum atomic E-state index is -1.10. The first-order valence-corrected chi connectivity index (χ1v) is 13.3. The number of ether oxygens (including phenoxy) is 1. The van der Waals surface area contributed by atoms with Crippen LogP contribution in [0.3, 0.4) is 0 Å². The Hall–Kier alpha value is -1.78. The fourth-order valence-corrected chi connectivity index (χ4v) is 8.34. The molecular formula is C28H34O3S. The fourth-order valence-electron chi connectivity index (χ4n) is 7.18. The first-order chi connectivity index (χ1) is 15.4. The number of rotatable bonds is 4. The van der Waals surface area contributed by atoms with Gasteiger partial charge in [-0.15, -0.1) is 0 Å². The van der Waals surface area contributed by atoms with Gasteiger partial charge in [-0.05, 0) is 90.7 Å². The van der Waals surface area contributed by atoms with Crippen LogP contribution in [0.1, 0.15) is 58.8 Å². The predicted octanol–water partition coefficient (Wildman–Crippen LogP) is 6.15. The Labute approximate surface area is 195 Å². The summed E-state index contributed by atoms with van der Waals surface area (Å²) in [5, 5.41) is 0. The summed E-state index contributed by atoms with van der Waals surface area (Å²) in [5.41, 5.74) is 4.49. The molecule has 0 saturated heterocycles. The maximum atomic E-state index is 13.0. The Bertz CT molecular complexity index is 1010. The molecule has 4 aliphatic carbocycles. The van der Waals surface area contributed by atoms with E-state index in [0.29, 0.717) is 29.8 Å². The van der Waals surface area contributed by atoms with Crippen LogP contribution < -0.4 is 0 Å². The van der Waals surface area contributed by atoms with Crippen molar-refractivity contribution in [3.8, 4) is 0 Å². The molecule has 0 radical (unpaired) electrons. The topological polar surface area (TPSA) is 49.4 Å². The minimum Gasteiger partial charge on any atom is -0.611 e. The van der Waals surface area contributed by atoms with Crippen molar-refractivity contribution >= 4 is 17.0 Å². The number of methoxy groups -OCH3 is 1. The first kappa shape index (κ1) is 22.0. The Balaban J connectivity index is 1.46. The monoisotopic (exact) mass is 450 g/mol. The normalized spacial score (nSPS) is 36.3. The highest BCUT2D eigenvalue weighted by Crippen LogP contribution is 2.64. The third-order valence-corrected chi connectivity index (χ3v) is 10.3. The van der Waals surface area contributed by atoms with Crippen LogP contribution in [0.4, 0.5) is 0 Å². The summed E-state index contributed by atoms with van der Waals surface area (Å²) in [4.78, 5) is 12.9. The fraction of sp³-hybridized carbons (Fsp3) is 0.536. The van der Waals surface area contributed by atoms with E-state index in [1.54, 1.807) is 12.7 Å². The molecule has 2 fully saturated rings. The zero-order valence-electron chi connectivity index (χ0n) is 19.5. The summed E-state index contributed by atoms with van der Waals surface area (Å²) in [6, 6.07) is 9.71. The van der Waals surface area contributed by atoms with Gasteiger partial charge in [0.25, 0.3) is 0 Å². The zero-order valence-corrected chi connectivity index (χ0v) is 20.3.